The van der Waals surface area contributed by atoms with E-state index in [2.05, 4.69) is 69.3 Å². The van der Waals surface area contributed by atoms with Crippen LogP contribution < -0.4 is 10.6 Å². The quantitative estimate of drug-likeness (QED) is 0.327. The van der Waals surface area contributed by atoms with E-state index in [1.807, 2.05) is 6.07 Å². The van der Waals surface area contributed by atoms with Gasteiger partial charge in [-0.05, 0) is 89.5 Å². The molecule has 6 heteroatoms. The summed E-state index contributed by atoms with van der Waals surface area (Å²) in [6.45, 7) is 8.71. The van der Waals surface area contributed by atoms with Crippen molar-refractivity contribution < 1.29 is 9.53 Å². The Morgan fingerprint density at radius 1 is 1.12 bits per heavy atom. The third-order valence-corrected chi connectivity index (χ3v) is 8.35. The molecule has 0 spiro atoms. The Balaban J connectivity index is 1.57. The molecular weight excluding hydrogens is 532 g/mol. The van der Waals surface area contributed by atoms with Crippen molar-refractivity contribution >= 4 is 43.5 Å². The molecule has 4 nitrogen and oxygen atoms in total. The van der Waals surface area contributed by atoms with Crippen molar-refractivity contribution in [3.05, 3.63) is 26.6 Å². The van der Waals surface area contributed by atoms with Crippen molar-refractivity contribution in [2.24, 2.45) is 23.7 Å². The highest BCUT2D eigenvalue weighted by atomic mass is 79.9. The summed E-state index contributed by atoms with van der Waals surface area (Å²) in [4.78, 5) is 12.8. The van der Waals surface area contributed by atoms with Crippen LogP contribution >= 0.6 is 31.9 Å². The maximum Gasteiger partial charge on any atom is 0.250 e. The van der Waals surface area contributed by atoms with Gasteiger partial charge in [0.25, 0.3) is 0 Å². The van der Waals surface area contributed by atoms with Crippen molar-refractivity contribution in [2.45, 2.75) is 84.8 Å². The molecule has 0 heterocycles. The van der Waals surface area contributed by atoms with Crippen molar-refractivity contribution in [1.82, 2.24) is 5.32 Å². The second-order valence-corrected chi connectivity index (χ2v) is 12.1. The molecule has 32 heavy (non-hydrogen) atoms. The van der Waals surface area contributed by atoms with E-state index in [1.54, 1.807) is 0 Å². The molecule has 1 aromatic carbocycles. The van der Waals surface area contributed by atoms with E-state index in [0.29, 0.717) is 17.8 Å². The standard InChI is InChI=1S/C26H40Br2N2O2/c1-17(2)22-10-9-18(3)11-24(22)32-16-25(31)30-26-20(12-21(27)13-23(26)28)15-29-14-19-7-5-4-6-8-19/h12-13,17-19,22,24,29H,4-11,14-16H2,1-3H3,(H,30,31)/t18-,22+,24+/m1/s1. The normalized spacial score (nSPS) is 24.6. The lowest BCUT2D eigenvalue weighted by Gasteiger charge is -2.37. The summed E-state index contributed by atoms with van der Waals surface area (Å²) in [5.41, 5.74) is 1.93. The van der Waals surface area contributed by atoms with Gasteiger partial charge in [0.2, 0.25) is 5.91 Å². The zero-order valence-corrected chi connectivity index (χ0v) is 23.1. The first-order valence-electron chi connectivity index (χ1n) is 12.4. The summed E-state index contributed by atoms with van der Waals surface area (Å²) < 4.78 is 8.07. The fraction of sp³-hybridized carbons (Fsp3) is 0.731. The number of hydrogen-bond donors (Lipinski definition) is 2. The smallest absolute Gasteiger partial charge is 0.250 e. The number of hydrogen-bond acceptors (Lipinski definition) is 3. The Hall–Kier alpha value is -0.430. The molecule has 2 N–H and O–H groups in total. The van der Waals surface area contributed by atoms with E-state index >= 15 is 0 Å². The predicted octanol–water partition coefficient (Wildman–Crippen LogP) is 7.30. The van der Waals surface area contributed by atoms with Gasteiger partial charge in [-0.3, -0.25) is 4.79 Å². The van der Waals surface area contributed by atoms with E-state index in [9.17, 15) is 4.79 Å². The van der Waals surface area contributed by atoms with Gasteiger partial charge in [-0.1, -0.05) is 62.4 Å². The van der Waals surface area contributed by atoms with Crippen LogP contribution in [-0.4, -0.2) is 25.2 Å². The molecule has 1 aromatic rings. The molecule has 0 radical (unpaired) electrons. The number of anilines is 1. The van der Waals surface area contributed by atoms with Crippen LogP contribution in [0.3, 0.4) is 0 Å². The van der Waals surface area contributed by atoms with Gasteiger partial charge >= 0.3 is 0 Å². The highest BCUT2D eigenvalue weighted by Gasteiger charge is 2.31. The molecule has 0 unspecified atom stereocenters. The molecule has 0 aliphatic heterocycles. The largest absolute Gasteiger partial charge is 0.368 e. The van der Waals surface area contributed by atoms with Gasteiger partial charge in [-0.2, -0.15) is 0 Å². The molecule has 2 saturated carbocycles. The molecule has 3 atom stereocenters. The number of carbonyl (C=O) groups excluding carboxylic acids is 1. The van der Waals surface area contributed by atoms with Crippen LogP contribution in [0.1, 0.15) is 77.7 Å². The molecule has 2 aliphatic rings. The summed E-state index contributed by atoms with van der Waals surface area (Å²) in [7, 11) is 0. The van der Waals surface area contributed by atoms with Gasteiger partial charge in [-0.15, -0.1) is 0 Å². The number of carbonyl (C=O) groups is 1. The Kier molecular flexibility index (Phi) is 10.5. The number of nitrogens with one attached hydrogen (secondary N) is 2. The highest BCUT2D eigenvalue weighted by Crippen LogP contribution is 2.35. The van der Waals surface area contributed by atoms with Crippen LogP contribution in [0, 0.1) is 23.7 Å². The molecule has 3 rings (SSSR count). The lowest BCUT2D eigenvalue weighted by atomic mass is 9.75. The van der Waals surface area contributed by atoms with Gasteiger partial charge < -0.3 is 15.4 Å². The topological polar surface area (TPSA) is 50.4 Å². The van der Waals surface area contributed by atoms with Crippen LogP contribution in [0.2, 0.25) is 0 Å². The molecule has 2 fully saturated rings. The summed E-state index contributed by atoms with van der Waals surface area (Å²) >= 11 is 7.24. The maximum absolute atomic E-state index is 12.8. The zero-order chi connectivity index (χ0) is 23.1. The molecule has 2 aliphatic carbocycles. The first-order valence-corrected chi connectivity index (χ1v) is 14.0. The minimum atomic E-state index is -0.0812. The van der Waals surface area contributed by atoms with Crippen molar-refractivity contribution in [3.8, 4) is 0 Å². The monoisotopic (exact) mass is 570 g/mol. The van der Waals surface area contributed by atoms with Crippen molar-refractivity contribution in [3.63, 3.8) is 0 Å². The summed E-state index contributed by atoms with van der Waals surface area (Å²) in [6, 6.07) is 4.07. The summed E-state index contributed by atoms with van der Waals surface area (Å²) in [5, 5.41) is 6.74. The Labute approximate surface area is 211 Å². The molecule has 0 aromatic heterocycles. The second-order valence-electron chi connectivity index (χ2n) is 10.3. The van der Waals surface area contributed by atoms with Crippen LogP contribution in [0.15, 0.2) is 21.1 Å². The third kappa shape index (κ3) is 7.82. The lowest BCUT2D eigenvalue weighted by Crippen LogP contribution is -2.36. The number of benzene rings is 1. The van der Waals surface area contributed by atoms with E-state index in [-0.39, 0.29) is 18.6 Å². The van der Waals surface area contributed by atoms with Gasteiger partial charge in [0, 0.05) is 15.5 Å². The van der Waals surface area contributed by atoms with Crippen LogP contribution in [-0.2, 0) is 16.1 Å². The van der Waals surface area contributed by atoms with Crippen molar-refractivity contribution in [1.29, 1.82) is 0 Å². The van der Waals surface area contributed by atoms with Crippen LogP contribution in [0.5, 0.6) is 0 Å². The Morgan fingerprint density at radius 2 is 1.88 bits per heavy atom. The summed E-state index contributed by atoms with van der Waals surface area (Å²) in [5.74, 6) is 2.48. The average Bonchev–Trinajstić information content (AvgIpc) is 2.75. The number of halogens is 2. The fourth-order valence-corrected chi connectivity index (χ4v) is 6.79. The van der Waals surface area contributed by atoms with Gasteiger partial charge in [0.1, 0.15) is 6.61 Å². The van der Waals surface area contributed by atoms with Crippen molar-refractivity contribution in [2.75, 3.05) is 18.5 Å². The average molecular weight is 572 g/mol. The zero-order valence-electron chi connectivity index (χ0n) is 19.9. The van der Waals surface area contributed by atoms with E-state index in [1.165, 1.54) is 44.9 Å². The van der Waals surface area contributed by atoms with Crippen LogP contribution in [0.4, 0.5) is 5.69 Å². The second kappa shape index (κ2) is 12.9. The lowest BCUT2D eigenvalue weighted by molar-refractivity contribution is -0.126. The minimum Gasteiger partial charge on any atom is -0.368 e. The van der Waals surface area contributed by atoms with E-state index in [0.717, 1.165) is 45.6 Å². The molecule has 180 valence electrons. The molecular formula is C26H40Br2N2O2. The maximum atomic E-state index is 12.8. The van der Waals surface area contributed by atoms with E-state index < -0.39 is 0 Å². The minimum absolute atomic E-state index is 0.0812. The van der Waals surface area contributed by atoms with E-state index in [4.69, 9.17) is 4.74 Å². The SMILES string of the molecule is CC(C)[C@@H]1CC[C@@H](C)C[C@@H]1OCC(=O)Nc1c(Br)cc(Br)cc1CNCC1CCCCC1. The first-order chi connectivity index (χ1) is 15.3. The van der Waals surface area contributed by atoms with Gasteiger partial charge in [-0.25, -0.2) is 0 Å². The first kappa shape index (κ1) is 26.2. The predicted molar refractivity (Wildman–Crippen MR) is 140 cm³/mol. The molecule has 0 bridgehead atoms. The van der Waals surface area contributed by atoms with Gasteiger partial charge in [0.15, 0.2) is 0 Å². The molecule has 0 saturated heterocycles. The molecule has 1 amide bonds. The Bertz CT molecular complexity index is 750. The number of rotatable bonds is 9. The highest BCUT2D eigenvalue weighted by molar-refractivity contribution is 9.11. The number of ether oxygens (including phenoxy) is 1. The number of amides is 1. The fourth-order valence-electron chi connectivity index (χ4n) is 5.37. The van der Waals surface area contributed by atoms with Gasteiger partial charge in [0.05, 0.1) is 11.8 Å². The van der Waals surface area contributed by atoms with Crippen LogP contribution in [0.25, 0.3) is 0 Å². The Morgan fingerprint density at radius 3 is 2.59 bits per heavy atom. The summed E-state index contributed by atoms with van der Waals surface area (Å²) in [6.07, 6.45) is 10.4. The third-order valence-electron chi connectivity index (χ3n) is 7.26.